The van der Waals surface area contributed by atoms with Gasteiger partial charge >= 0.3 is 5.97 Å². The molecular weight excluding hydrogens is 276 g/mol. The first kappa shape index (κ1) is 14.0. The Bertz CT molecular complexity index is 677. The molecule has 2 heterocycles. The summed E-state index contributed by atoms with van der Waals surface area (Å²) in [6.45, 7) is 1.99. The summed E-state index contributed by atoms with van der Waals surface area (Å²) in [5.74, 6) is -1.28. The highest BCUT2D eigenvalue weighted by atomic mass is 32.1. The van der Waals surface area contributed by atoms with Gasteiger partial charge in [0.1, 0.15) is 5.82 Å². The first-order chi connectivity index (χ1) is 9.54. The van der Waals surface area contributed by atoms with Crippen LogP contribution in [0.5, 0.6) is 0 Å². The number of nitrogens with zero attached hydrogens (tertiary/aromatic N) is 1. The van der Waals surface area contributed by atoms with Gasteiger partial charge in [0.15, 0.2) is 5.69 Å². The Kier molecular flexibility index (Phi) is 4.27. The second kappa shape index (κ2) is 6.12. The molecule has 0 atom stereocenters. The molecule has 0 unspecified atom stereocenters. The van der Waals surface area contributed by atoms with Crippen LogP contribution in [0.25, 0.3) is 6.08 Å². The van der Waals surface area contributed by atoms with E-state index >= 15 is 0 Å². The average molecular weight is 288 g/mol. The van der Waals surface area contributed by atoms with Crippen LogP contribution in [0.3, 0.4) is 0 Å². The van der Waals surface area contributed by atoms with Crippen molar-refractivity contribution in [1.82, 2.24) is 4.98 Å². The number of anilines is 1. The minimum atomic E-state index is -1.13. The summed E-state index contributed by atoms with van der Waals surface area (Å²) in [5.41, 5.74) is -0.110. The summed E-state index contributed by atoms with van der Waals surface area (Å²) < 4.78 is 0. The Labute approximate surface area is 119 Å². The van der Waals surface area contributed by atoms with Gasteiger partial charge in [0.05, 0.1) is 0 Å². The van der Waals surface area contributed by atoms with Crippen LogP contribution in [-0.2, 0) is 4.79 Å². The normalized spacial score (nSPS) is 10.7. The SMILES string of the molecule is Cc1ccc(C=CC(=O)Nc2cccc(C(=O)O)n2)s1. The van der Waals surface area contributed by atoms with E-state index in [0.29, 0.717) is 0 Å². The third-order valence-corrected chi connectivity index (χ3v) is 3.35. The predicted molar refractivity (Wildman–Crippen MR) is 77.9 cm³/mol. The lowest BCUT2D eigenvalue weighted by Gasteiger charge is -2.01. The lowest BCUT2D eigenvalue weighted by Crippen LogP contribution is -2.11. The number of aromatic nitrogens is 1. The van der Waals surface area contributed by atoms with Gasteiger partial charge in [-0.1, -0.05) is 6.07 Å². The first-order valence-corrected chi connectivity index (χ1v) is 6.62. The van der Waals surface area contributed by atoms with Crippen molar-refractivity contribution < 1.29 is 14.7 Å². The molecule has 0 bridgehead atoms. The van der Waals surface area contributed by atoms with Crippen LogP contribution < -0.4 is 5.32 Å². The standard InChI is InChI=1S/C14H12N2O3S/c1-9-5-6-10(20-9)7-8-13(17)16-12-4-2-3-11(15-12)14(18)19/h2-8H,1H3,(H,18,19)(H,15,16,17). The number of aryl methyl sites for hydroxylation is 1. The number of hydrogen-bond donors (Lipinski definition) is 2. The largest absolute Gasteiger partial charge is 0.477 e. The molecule has 0 fully saturated rings. The summed E-state index contributed by atoms with van der Waals surface area (Å²) >= 11 is 1.58. The molecule has 2 rings (SSSR count). The van der Waals surface area contributed by atoms with Gasteiger partial charge in [0.25, 0.3) is 0 Å². The number of thiophene rings is 1. The average Bonchev–Trinajstić information content (AvgIpc) is 2.82. The maximum absolute atomic E-state index is 11.7. The molecule has 0 radical (unpaired) electrons. The molecule has 0 aliphatic heterocycles. The molecule has 0 saturated carbocycles. The summed E-state index contributed by atoms with van der Waals surface area (Å²) in [6, 6.07) is 8.32. The van der Waals surface area contributed by atoms with E-state index in [-0.39, 0.29) is 17.4 Å². The Hall–Kier alpha value is -2.47. The Morgan fingerprint density at radius 1 is 1.30 bits per heavy atom. The van der Waals surface area contributed by atoms with Crippen LogP contribution in [0, 0.1) is 6.92 Å². The molecule has 2 N–H and O–H groups in total. The number of amides is 1. The summed E-state index contributed by atoms with van der Waals surface area (Å²) in [6.07, 6.45) is 3.09. The molecule has 2 aromatic rings. The van der Waals surface area contributed by atoms with Crippen molar-refractivity contribution in [3.63, 3.8) is 0 Å². The first-order valence-electron chi connectivity index (χ1n) is 5.80. The molecule has 0 aromatic carbocycles. The van der Waals surface area contributed by atoms with Gasteiger partial charge in [-0.25, -0.2) is 9.78 Å². The summed E-state index contributed by atoms with van der Waals surface area (Å²) in [5, 5.41) is 11.3. The Morgan fingerprint density at radius 3 is 2.75 bits per heavy atom. The Balaban J connectivity index is 2.02. The maximum atomic E-state index is 11.7. The maximum Gasteiger partial charge on any atom is 0.354 e. The van der Waals surface area contributed by atoms with E-state index in [9.17, 15) is 9.59 Å². The molecule has 0 saturated heterocycles. The third-order valence-electron chi connectivity index (χ3n) is 2.38. The van der Waals surface area contributed by atoms with E-state index in [1.54, 1.807) is 17.4 Å². The molecule has 1 amide bonds. The fourth-order valence-corrected chi connectivity index (χ4v) is 2.27. The quantitative estimate of drug-likeness (QED) is 0.848. The van der Waals surface area contributed by atoms with Crippen LogP contribution in [-0.4, -0.2) is 22.0 Å². The number of carbonyl (C=O) groups is 2. The molecular formula is C14H12N2O3S. The number of carboxylic acids is 1. The van der Waals surface area contributed by atoms with Gasteiger partial charge in [0.2, 0.25) is 5.91 Å². The molecule has 0 aliphatic carbocycles. The minimum Gasteiger partial charge on any atom is -0.477 e. The molecule has 6 heteroatoms. The van der Waals surface area contributed by atoms with Crippen molar-refractivity contribution in [3.8, 4) is 0 Å². The van der Waals surface area contributed by atoms with Crippen LogP contribution >= 0.6 is 11.3 Å². The van der Waals surface area contributed by atoms with Gasteiger partial charge in [-0.15, -0.1) is 11.3 Å². The topological polar surface area (TPSA) is 79.3 Å². The van der Waals surface area contributed by atoms with Gasteiger partial charge in [-0.05, 0) is 37.3 Å². The van der Waals surface area contributed by atoms with Crippen molar-refractivity contribution in [1.29, 1.82) is 0 Å². The molecule has 5 nitrogen and oxygen atoms in total. The second-order valence-corrected chi connectivity index (χ2v) is 5.30. The number of pyridine rings is 1. The number of carboxylic acid groups (broad SMARTS) is 1. The molecule has 0 spiro atoms. The van der Waals surface area contributed by atoms with Crippen LogP contribution in [0.2, 0.25) is 0 Å². The summed E-state index contributed by atoms with van der Waals surface area (Å²) in [4.78, 5) is 28.4. The van der Waals surface area contributed by atoms with Crippen molar-refractivity contribution in [3.05, 3.63) is 51.9 Å². The zero-order valence-corrected chi connectivity index (χ0v) is 11.5. The van der Waals surface area contributed by atoms with Crippen molar-refractivity contribution in [2.75, 3.05) is 5.32 Å². The lowest BCUT2D eigenvalue weighted by atomic mass is 10.3. The fraction of sp³-hybridized carbons (Fsp3) is 0.0714. The highest BCUT2D eigenvalue weighted by Gasteiger charge is 2.06. The monoisotopic (exact) mass is 288 g/mol. The lowest BCUT2D eigenvalue weighted by molar-refractivity contribution is -0.111. The highest BCUT2D eigenvalue weighted by molar-refractivity contribution is 7.12. The zero-order valence-electron chi connectivity index (χ0n) is 10.7. The van der Waals surface area contributed by atoms with Crippen LogP contribution in [0.4, 0.5) is 5.82 Å². The van der Waals surface area contributed by atoms with E-state index in [1.165, 1.54) is 29.2 Å². The number of rotatable bonds is 4. The smallest absolute Gasteiger partial charge is 0.354 e. The fourth-order valence-electron chi connectivity index (χ4n) is 1.49. The van der Waals surface area contributed by atoms with Crippen LogP contribution in [0.1, 0.15) is 20.2 Å². The number of carbonyl (C=O) groups excluding carboxylic acids is 1. The molecule has 0 aliphatic rings. The number of nitrogens with one attached hydrogen (secondary N) is 1. The van der Waals surface area contributed by atoms with E-state index in [4.69, 9.17) is 5.11 Å². The van der Waals surface area contributed by atoms with Gasteiger partial charge in [-0.3, -0.25) is 4.79 Å². The van der Waals surface area contributed by atoms with Gasteiger partial charge < -0.3 is 10.4 Å². The molecule has 2 aromatic heterocycles. The number of hydrogen-bond acceptors (Lipinski definition) is 4. The van der Waals surface area contributed by atoms with E-state index in [1.807, 2.05) is 19.1 Å². The second-order valence-electron chi connectivity index (χ2n) is 3.98. The van der Waals surface area contributed by atoms with Crippen molar-refractivity contribution in [2.24, 2.45) is 0 Å². The predicted octanol–water partition coefficient (Wildman–Crippen LogP) is 2.80. The Morgan fingerprint density at radius 2 is 2.10 bits per heavy atom. The van der Waals surface area contributed by atoms with Crippen molar-refractivity contribution >= 4 is 35.1 Å². The highest BCUT2D eigenvalue weighted by Crippen LogP contribution is 2.16. The van der Waals surface area contributed by atoms with Crippen molar-refractivity contribution in [2.45, 2.75) is 6.92 Å². The molecule has 102 valence electrons. The van der Waals surface area contributed by atoms with Crippen LogP contribution in [0.15, 0.2) is 36.4 Å². The van der Waals surface area contributed by atoms with E-state index in [0.717, 1.165) is 4.88 Å². The molecule has 20 heavy (non-hydrogen) atoms. The third kappa shape index (κ3) is 3.76. The van der Waals surface area contributed by atoms with Gasteiger partial charge in [-0.2, -0.15) is 0 Å². The van der Waals surface area contributed by atoms with E-state index < -0.39 is 5.97 Å². The van der Waals surface area contributed by atoms with Gasteiger partial charge in [0, 0.05) is 15.8 Å². The minimum absolute atomic E-state index is 0.110. The van der Waals surface area contributed by atoms with E-state index in [2.05, 4.69) is 10.3 Å². The summed E-state index contributed by atoms with van der Waals surface area (Å²) in [7, 11) is 0. The zero-order chi connectivity index (χ0) is 14.5. The number of aromatic carboxylic acids is 1.